The number of halogens is 1. The Labute approximate surface area is 157 Å². The van der Waals surface area contributed by atoms with E-state index in [9.17, 15) is 18.8 Å². The Balaban J connectivity index is 1.68. The monoisotopic (exact) mass is 380 g/mol. The van der Waals surface area contributed by atoms with Crippen LogP contribution in [0.15, 0.2) is 54.7 Å². The van der Waals surface area contributed by atoms with E-state index in [2.05, 4.69) is 5.10 Å². The van der Waals surface area contributed by atoms with E-state index in [-0.39, 0.29) is 23.6 Å². The van der Waals surface area contributed by atoms with Crippen LogP contribution in [-0.2, 0) is 6.54 Å². The van der Waals surface area contributed by atoms with Crippen molar-refractivity contribution in [1.29, 1.82) is 0 Å². The number of nitrogens with one attached hydrogen (secondary N) is 1. The number of amides is 3. The van der Waals surface area contributed by atoms with Gasteiger partial charge in [0.15, 0.2) is 5.82 Å². The maximum absolute atomic E-state index is 14.6. The smallest absolute Gasteiger partial charge is 0.409 e. The Bertz CT molecular complexity index is 1090. The number of fused-ring (bicyclic) bond motifs is 1. The van der Waals surface area contributed by atoms with Crippen molar-refractivity contribution in [3.63, 3.8) is 0 Å². The van der Waals surface area contributed by atoms with Gasteiger partial charge in [0, 0.05) is 11.6 Å². The lowest BCUT2D eigenvalue weighted by Gasteiger charge is -2.16. The summed E-state index contributed by atoms with van der Waals surface area (Å²) in [5, 5.41) is 14.9. The average molecular weight is 380 g/mol. The SMILES string of the molecule is O=C(O)Nc1cccc(Cn2nccc2N2C(=O)c3ccccc3C2=O)c1F. The topological polar surface area (TPSA) is 105 Å². The molecule has 3 aromatic rings. The number of rotatable bonds is 4. The summed E-state index contributed by atoms with van der Waals surface area (Å²) in [6.07, 6.45) is 0.0118. The first kappa shape index (κ1) is 17.4. The molecule has 0 saturated carbocycles. The van der Waals surface area contributed by atoms with Crippen molar-refractivity contribution in [2.75, 3.05) is 10.2 Å². The highest BCUT2D eigenvalue weighted by Gasteiger charge is 2.38. The summed E-state index contributed by atoms with van der Waals surface area (Å²) in [5.74, 6) is -1.52. The third kappa shape index (κ3) is 2.78. The maximum Gasteiger partial charge on any atom is 0.409 e. The maximum atomic E-state index is 14.6. The van der Waals surface area contributed by atoms with Crippen molar-refractivity contribution in [1.82, 2.24) is 9.78 Å². The third-order valence-electron chi connectivity index (χ3n) is 4.36. The predicted molar refractivity (Wildman–Crippen MR) is 97.0 cm³/mol. The minimum atomic E-state index is -1.39. The van der Waals surface area contributed by atoms with Gasteiger partial charge in [0.2, 0.25) is 0 Å². The van der Waals surface area contributed by atoms with Gasteiger partial charge in [-0.05, 0) is 18.2 Å². The van der Waals surface area contributed by atoms with Crippen molar-refractivity contribution in [3.05, 3.63) is 77.2 Å². The zero-order valence-electron chi connectivity index (χ0n) is 14.3. The van der Waals surface area contributed by atoms with Gasteiger partial charge < -0.3 is 5.11 Å². The summed E-state index contributed by atoms with van der Waals surface area (Å²) in [4.78, 5) is 37.1. The standard InChI is InChI=1S/C19H13FN4O4/c20-16-11(4-3-7-14(16)22-19(27)28)10-23-15(8-9-21-23)24-17(25)12-5-1-2-6-13(12)18(24)26/h1-9,22H,10H2,(H,27,28). The molecule has 0 bridgehead atoms. The molecular formula is C19H13FN4O4. The molecule has 8 nitrogen and oxygen atoms in total. The van der Waals surface area contributed by atoms with Gasteiger partial charge in [0.25, 0.3) is 11.8 Å². The molecule has 0 atom stereocenters. The molecule has 1 aliphatic rings. The fourth-order valence-corrected chi connectivity index (χ4v) is 3.11. The van der Waals surface area contributed by atoms with Crippen molar-refractivity contribution < 1.29 is 23.9 Å². The van der Waals surface area contributed by atoms with Crippen LogP contribution in [0.4, 0.5) is 20.7 Å². The average Bonchev–Trinajstić information content (AvgIpc) is 3.21. The molecule has 3 amide bonds. The summed E-state index contributed by atoms with van der Waals surface area (Å²) < 4.78 is 15.9. The minimum absolute atomic E-state index is 0.100. The van der Waals surface area contributed by atoms with E-state index in [0.29, 0.717) is 11.1 Å². The van der Waals surface area contributed by atoms with Crippen LogP contribution < -0.4 is 10.2 Å². The van der Waals surface area contributed by atoms with Crippen LogP contribution in [0.1, 0.15) is 26.3 Å². The molecule has 140 valence electrons. The number of aromatic nitrogens is 2. The number of nitrogens with zero attached hydrogens (tertiary/aromatic N) is 3. The van der Waals surface area contributed by atoms with Gasteiger partial charge in [-0.2, -0.15) is 5.10 Å². The van der Waals surface area contributed by atoms with E-state index in [0.717, 1.165) is 4.90 Å². The summed E-state index contributed by atoms with van der Waals surface area (Å²) in [7, 11) is 0. The van der Waals surface area contributed by atoms with E-state index in [1.165, 1.54) is 35.1 Å². The lowest BCUT2D eigenvalue weighted by molar-refractivity contribution is 0.0923. The van der Waals surface area contributed by atoms with Gasteiger partial charge in [-0.15, -0.1) is 0 Å². The van der Waals surface area contributed by atoms with Crippen LogP contribution in [0, 0.1) is 5.82 Å². The molecule has 0 aliphatic carbocycles. The summed E-state index contributed by atoms with van der Waals surface area (Å²) >= 11 is 0. The lowest BCUT2D eigenvalue weighted by Crippen LogP contribution is -2.31. The van der Waals surface area contributed by atoms with Gasteiger partial charge in [-0.25, -0.2) is 18.8 Å². The molecule has 28 heavy (non-hydrogen) atoms. The van der Waals surface area contributed by atoms with Crippen LogP contribution in [-0.4, -0.2) is 32.8 Å². The van der Waals surface area contributed by atoms with Crippen LogP contribution >= 0.6 is 0 Å². The van der Waals surface area contributed by atoms with Crippen LogP contribution in [0.2, 0.25) is 0 Å². The number of carbonyl (C=O) groups excluding carboxylic acids is 2. The molecular weight excluding hydrogens is 367 g/mol. The van der Waals surface area contributed by atoms with Crippen molar-refractivity contribution >= 4 is 29.4 Å². The number of carbonyl (C=O) groups is 3. The summed E-state index contributed by atoms with van der Waals surface area (Å²) in [6, 6.07) is 12.2. The molecule has 0 unspecified atom stereocenters. The summed E-state index contributed by atoms with van der Waals surface area (Å²) in [6.45, 7) is -0.100. The quantitative estimate of drug-likeness (QED) is 0.677. The molecule has 0 radical (unpaired) electrons. The highest BCUT2D eigenvalue weighted by atomic mass is 19.1. The van der Waals surface area contributed by atoms with Gasteiger partial charge in [-0.1, -0.05) is 24.3 Å². The first-order valence-electron chi connectivity index (χ1n) is 8.24. The Kier molecular flexibility index (Phi) is 4.11. The first-order chi connectivity index (χ1) is 13.5. The Hall–Kier alpha value is -4.01. The van der Waals surface area contributed by atoms with E-state index < -0.39 is 23.7 Å². The number of imide groups is 1. The van der Waals surface area contributed by atoms with Crippen molar-refractivity contribution in [2.45, 2.75) is 6.54 Å². The Morgan fingerprint density at radius 1 is 1.04 bits per heavy atom. The molecule has 0 saturated heterocycles. The van der Waals surface area contributed by atoms with Crippen LogP contribution in [0.25, 0.3) is 0 Å². The summed E-state index contributed by atoms with van der Waals surface area (Å²) in [5.41, 5.74) is 0.533. The van der Waals surface area contributed by atoms with Gasteiger partial charge in [-0.3, -0.25) is 14.9 Å². The largest absolute Gasteiger partial charge is 0.465 e. The molecule has 2 N–H and O–H groups in total. The molecule has 4 rings (SSSR count). The third-order valence-corrected chi connectivity index (χ3v) is 4.36. The van der Waals surface area contributed by atoms with Crippen LogP contribution in [0.5, 0.6) is 0 Å². The molecule has 2 heterocycles. The molecule has 1 aliphatic heterocycles. The molecule has 2 aromatic carbocycles. The van der Waals surface area contributed by atoms with Gasteiger partial charge >= 0.3 is 6.09 Å². The molecule has 9 heteroatoms. The second-order valence-electron chi connectivity index (χ2n) is 6.05. The number of carboxylic acid groups (broad SMARTS) is 1. The number of anilines is 2. The Morgan fingerprint density at radius 3 is 2.36 bits per heavy atom. The van der Waals surface area contributed by atoms with Crippen molar-refractivity contribution in [2.24, 2.45) is 0 Å². The predicted octanol–water partition coefficient (Wildman–Crippen LogP) is 2.96. The van der Waals surface area contributed by atoms with E-state index in [4.69, 9.17) is 5.11 Å². The zero-order valence-corrected chi connectivity index (χ0v) is 14.3. The van der Waals surface area contributed by atoms with Gasteiger partial charge in [0.05, 0.1) is 29.6 Å². The minimum Gasteiger partial charge on any atom is -0.465 e. The van der Waals surface area contributed by atoms with E-state index in [1.54, 1.807) is 24.3 Å². The number of hydrogen-bond donors (Lipinski definition) is 2. The first-order valence-corrected chi connectivity index (χ1v) is 8.24. The molecule has 0 fully saturated rings. The molecule has 0 spiro atoms. The lowest BCUT2D eigenvalue weighted by atomic mass is 10.1. The normalized spacial score (nSPS) is 13.0. The number of benzene rings is 2. The van der Waals surface area contributed by atoms with E-state index in [1.807, 2.05) is 5.32 Å². The highest BCUT2D eigenvalue weighted by Crippen LogP contribution is 2.29. The Morgan fingerprint density at radius 2 is 1.71 bits per heavy atom. The fourth-order valence-electron chi connectivity index (χ4n) is 3.11. The number of hydrogen-bond acceptors (Lipinski definition) is 4. The second-order valence-corrected chi connectivity index (χ2v) is 6.05. The van der Waals surface area contributed by atoms with Crippen molar-refractivity contribution in [3.8, 4) is 0 Å². The zero-order chi connectivity index (χ0) is 19.8. The highest BCUT2D eigenvalue weighted by molar-refractivity contribution is 6.34. The molecule has 1 aromatic heterocycles. The van der Waals surface area contributed by atoms with Crippen LogP contribution in [0.3, 0.4) is 0 Å². The van der Waals surface area contributed by atoms with E-state index >= 15 is 0 Å². The second kappa shape index (κ2) is 6.62. The van der Waals surface area contributed by atoms with Gasteiger partial charge in [0.1, 0.15) is 5.82 Å². The fraction of sp³-hybridized carbons (Fsp3) is 0.0526.